The number of nitrogens with one attached hydrogen (secondary N) is 1. The van der Waals surface area contributed by atoms with Crippen LogP contribution < -0.4 is 10.2 Å². The molecule has 0 aliphatic rings. The summed E-state index contributed by atoms with van der Waals surface area (Å²) in [5, 5.41) is 25.3. The summed E-state index contributed by atoms with van der Waals surface area (Å²) >= 11 is 12.0. The van der Waals surface area contributed by atoms with Crippen LogP contribution in [0.3, 0.4) is 0 Å². The maximum atomic E-state index is 12.0. The summed E-state index contributed by atoms with van der Waals surface area (Å²) < 4.78 is 11.0. The van der Waals surface area contributed by atoms with E-state index in [-0.39, 0.29) is 40.2 Å². The molecule has 0 unspecified atom stereocenters. The second kappa shape index (κ2) is 11.6. The minimum absolute atomic E-state index is 0.0547. The molecule has 11 heteroatoms. The Bertz CT molecular complexity index is 1190. The molecule has 1 amide bonds. The van der Waals surface area contributed by atoms with Gasteiger partial charge in [0.2, 0.25) is 5.91 Å². The molecule has 0 aliphatic carbocycles. The van der Waals surface area contributed by atoms with Crippen molar-refractivity contribution < 1.29 is 24.0 Å². The van der Waals surface area contributed by atoms with E-state index in [0.29, 0.717) is 29.2 Å². The molecule has 178 valence electrons. The monoisotopic (exact) mass is 505 g/mol. The number of nitro benzene ring substituents is 1. The van der Waals surface area contributed by atoms with Gasteiger partial charge >= 0.3 is 0 Å². The van der Waals surface area contributed by atoms with Crippen LogP contribution in [-0.2, 0) is 4.79 Å². The number of benzene rings is 2. The van der Waals surface area contributed by atoms with E-state index in [4.69, 9.17) is 32.4 Å². The van der Waals surface area contributed by atoms with Crippen LogP contribution in [0.15, 0.2) is 58.0 Å². The van der Waals surface area contributed by atoms with Crippen molar-refractivity contribution in [2.75, 3.05) is 6.61 Å². The molecule has 0 saturated carbocycles. The Labute approximate surface area is 205 Å². The van der Waals surface area contributed by atoms with Gasteiger partial charge in [-0.05, 0) is 49.2 Å². The Kier molecular flexibility index (Phi) is 8.64. The fraction of sp³-hybridized carbons (Fsp3) is 0.217. The summed E-state index contributed by atoms with van der Waals surface area (Å²) in [5.41, 5.74) is 3.04. The average Bonchev–Trinajstić information content (AvgIpc) is 3.26. The first-order chi connectivity index (χ1) is 16.3. The van der Waals surface area contributed by atoms with E-state index < -0.39 is 11.0 Å². The number of amides is 1. The highest BCUT2D eigenvalue weighted by atomic mass is 35.5. The zero-order valence-corrected chi connectivity index (χ0v) is 19.5. The molecule has 1 aromatic heterocycles. The van der Waals surface area contributed by atoms with Crippen LogP contribution in [0.2, 0.25) is 10.0 Å². The number of aliphatic hydroxyl groups is 1. The van der Waals surface area contributed by atoms with Crippen molar-refractivity contribution in [3.05, 3.63) is 80.0 Å². The van der Waals surface area contributed by atoms with Crippen molar-refractivity contribution in [1.82, 2.24) is 5.43 Å². The van der Waals surface area contributed by atoms with Gasteiger partial charge in [0.25, 0.3) is 5.69 Å². The minimum atomic E-state index is -0.800. The number of carbonyl (C=O) groups excluding carboxylic acids is 1. The number of aliphatic hydroxyl groups excluding tert-OH is 1. The van der Waals surface area contributed by atoms with Crippen LogP contribution in [-0.4, -0.2) is 28.8 Å². The maximum absolute atomic E-state index is 12.0. The predicted octanol–water partition coefficient (Wildman–Crippen LogP) is 5.52. The van der Waals surface area contributed by atoms with Crippen molar-refractivity contribution in [2.24, 2.45) is 5.10 Å². The van der Waals surface area contributed by atoms with Gasteiger partial charge in [-0.2, -0.15) is 5.10 Å². The summed E-state index contributed by atoms with van der Waals surface area (Å²) in [6.07, 6.45) is 0.752. The van der Waals surface area contributed by atoms with Gasteiger partial charge in [-0.3, -0.25) is 14.9 Å². The molecule has 3 rings (SSSR count). The number of nitrogens with zero attached hydrogens (tertiary/aromatic N) is 2. The van der Waals surface area contributed by atoms with Crippen LogP contribution in [0.5, 0.6) is 5.75 Å². The van der Waals surface area contributed by atoms with Crippen LogP contribution in [0.25, 0.3) is 11.3 Å². The first kappa shape index (κ1) is 25.2. The van der Waals surface area contributed by atoms with E-state index in [1.807, 2.05) is 6.92 Å². The van der Waals surface area contributed by atoms with E-state index in [0.717, 1.165) is 0 Å². The zero-order chi connectivity index (χ0) is 24.7. The number of rotatable bonds is 10. The third kappa shape index (κ3) is 6.57. The van der Waals surface area contributed by atoms with E-state index in [1.54, 1.807) is 36.4 Å². The minimum Gasteiger partial charge on any atom is -0.494 e. The highest BCUT2D eigenvalue weighted by Crippen LogP contribution is 2.37. The van der Waals surface area contributed by atoms with Crippen molar-refractivity contribution in [1.29, 1.82) is 0 Å². The van der Waals surface area contributed by atoms with Crippen molar-refractivity contribution in [3.8, 4) is 17.1 Å². The highest BCUT2D eigenvalue weighted by Gasteiger charge is 2.19. The zero-order valence-electron chi connectivity index (χ0n) is 18.0. The summed E-state index contributed by atoms with van der Waals surface area (Å²) in [6, 6.07) is 12.7. The van der Waals surface area contributed by atoms with Crippen molar-refractivity contribution >= 4 is 41.0 Å². The lowest BCUT2D eigenvalue weighted by atomic mass is 10.0. The van der Waals surface area contributed by atoms with Gasteiger partial charge in [-0.15, -0.1) is 0 Å². The molecule has 0 spiro atoms. The number of furan rings is 1. The molecule has 0 fully saturated rings. The molecule has 34 heavy (non-hydrogen) atoms. The van der Waals surface area contributed by atoms with Crippen LogP contribution >= 0.6 is 23.2 Å². The van der Waals surface area contributed by atoms with E-state index in [2.05, 4.69) is 10.5 Å². The Hall–Kier alpha value is -3.40. The average molecular weight is 506 g/mol. The van der Waals surface area contributed by atoms with Gasteiger partial charge in [0, 0.05) is 18.1 Å². The lowest BCUT2D eigenvalue weighted by Gasteiger charge is -2.11. The Morgan fingerprint density at radius 1 is 1.24 bits per heavy atom. The molecule has 9 nitrogen and oxygen atoms in total. The van der Waals surface area contributed by atoms with Crippen molar-refractivity contribution in [2.45, 2.75) is 25.9 Å². The van der Waals surface area contributed by atoms with E-state index in [1.165, 1.54) is 18.3 Å². The molecule has 0 bridgehead atoms. The lowest BCUT2D eigenvalue weighted by molar-refractivity contribution is -0.384. The summed E-state index contributed by atoms with van der Waals surface area (Å²) in [5.74, 6) is 0.891. The number of hydrazone groups is 1. The third-order valence-corrected chi connectivity index (χ3v) is 5.34. The van der Waals surface area contributed by atoms with Gasteiger partial charge in [-0.25, -0.2) is 5.43 Å². The number of hydrogen-bond acceptors (Lipinski definition) is 7. The largest absolute Gasteiger partial charge is 0.494 e. The topological polar surface area (TPSA) is 127 Å². The molecule has 0 aliphatic heterocycles. The Morgan fingerprint density at radius 2 is 1.97 bits per heavy atom. The standard InChI is InChI=1S/C23H21Cl2N3O6/c1-2-33-15-5-3-14(4-6-15)21(29)8-10-23(30)27-26-13-16-7-9-22(34-16)17-11-20(28(31)32)19(25)12-18(17)24/h3-7,9,11-13,21,29H,2,8,10H2,1H3,(H,27,30)/b26-13-/t21-/m0/s1. The Morgan fingerprint density at radius 3 is 2.65 bits per heavy atom. The number of carbonyl (C=O) groups is 1. The SMILES string of the molecule is CCOc1ccc([C@@H](O)CCC(=O)N/N=C\c2ccc(-c3cc([N+](=O)[O-])c(Cl)cc3Cl)o2)cc1. The van der Waals surface area contributed by atoms with Crippen LogP contribution in [0.4, 0.5) is 5.69 Å². The number of hydrogen-bond donors (Lipinski definition) is 2. The third-order valence-electron chi connectivity index (χ3n) is 4.73. The van der Waals surface area contributed by atoms with Gasteiger partial charge in [-0.1, -0.05) is 35.3 Å². The quantitative estimate of drug-likeness (QED) is 0.212. The molecule has 2 aromatic carbocycles. The van der Waals surface area contributed by atoms with Gasteiger partial charge in [0.15, 0.2) is 0 Å². The van der Waals surface area contributed by atoms with E-state index in [9.17, 15) is 20.0 Å². The van der Waals surface area contributed by atoms with Gasteiger partial charge in [0.05, 0.1) is 28.9 Å². The first-order valence-corrected chi connectivity index (χ1v) is 11.0. The summed E-state index contributed by atoms with van der Waals surface area (Å²) in [4.78, 5) is 22.5. The molecule has 3 aromatic rings. The molecule has 0 radical (unpaired) electrons. The maximum Gasteiger partial charge on any atom is 0.288 e. The molecule has 1 atom stereocenters. The lowest BCUT2D eigenvalue weighted by Crippen LogP contribution is -2.18. The van der Waals surface area contributed by atoms with Crippen molar-refractivity contribution in [3.63, 3.8) is 0 Å². The first-order valence-electron chi connectivity index (χ1n) is 10.2. The van der Waals surface area contributed by atoms with Gasteiger partial charge in [0.1, 0.15) is 22.3 Å². The van der Waals surface area contributed by atoms with Gasteiger partial charge < -0.3 is 14.3 Å². The molecule has 2 N–H and O–H groups in total. The molecular weight excluding hydrogens is 485 g/mol. The fourth-order valence-corrected chi connectivity index (χ4v) is 3.59. The van der Waals surface area contributed by atoms with Crippen LogP contribution in [0.1, 0.15) is 37.2 Å². The highest BCUT2D eigenvalue weighted by molar-refractivity contribution is 6.37. The second-order valence-corrected chi connectivity index (χ2v) is 7.91. The van der Waals surface area contributed by atoms with E-state index >= 15 is 0 Å². The summed E-state index contributed by atoms with van der Waals surface area (Å²) in [6.45, 7) is 2.44. The Balaban J connectivity index is 1.54. The fourth-order valence-electron chi connectivity index (χ4n) is 3.04. The van der Waals surface area contributed by atoms with Crippen LogP contribution in [0, 0.1) is 10.1 Å². The molecular formula is C23H21Cl2N3O6. The second-order valence-electron chi connectivity index (χ2n) is 7.09. The molecule has 0 saturated heterocycles. The smallest absolute Gasteiger partial charge is 0.288 e. The number of nitro groups is 1. The summed E-state index contributed by atoms with van der Waals surface area (Å²) in [7, 11) is 0. The predicted molar refractivity (Wildman–Crippen MR) is 128 cm³/mol. The normalized spacial score (nSPS) is 12.0. The molecule has 1 heterocycles. The number of halogens is 2. The number of ether oxygens (including phenoxy) is 1.